The Labute approximate surface area is 115 Å². The lowest BCUT2D eigenvalue weighted by Crippen LogP contribution is -2.35. The Morgan fingerprint density at radius 2 is 2.21 bits per heavy atom. The topological polar surface area (TPSA) is 12.5 Å². The van der Waals surface area contributed by atoms with Crippen LogP contribution in [-0.2, 0) is 0 Å². The molecule has 0 radical (unpaired) electrons. The van der Waals surface area contributed by atoms with Crippen LogP contribution in [0.2, 0.25) is 0 Å². The molecule has 1 aliphatic heterocycles. The average molecular weight is 265 g/mol. The van der Waals surface area contributed by atoms with Gasteiger partial charge in [-0.25, -0.2) is 4.39 Å². The molecule has 1 aromatic rings. The summed E-state index contributed by atoms with van der Waals surface area (Å²) >= 11 is 0. The van der Waals surface area contributed by atoms with Crippen molar-refractivity contribution in [2.24, 2.45) is 0 Å². The van der Waals surface area contributed by atoms with E-state index in [9.17, 15) is 4.39 Å². The van der Waals surface area contributed by atoms with Crippen molar-refractivity contribution in [2.45, 2.75) is 39.0 Å². The van der Waals surface area contributed by atoms with E-state index < -0.39 is 0 Å². The van der Waals surface area contributed by atoms with E-state index >= 15 is 0 Å². The zero-order valence-corrected chi connectivity index (χ0v) is 12.0. The number of likely N-dealkylation sites (tertiary alicyclic amines) is 1. The summed E-state index contributed by atoms with van der Waals surface area (Å²) in [5, 5.41) is 0. The molecular weight excluding hydrogens is 241 g/mol. The van der Waals surface area contributed by atoms with E-state index in [-0.39, 0.29) is 5.82 Å². The first kappa shape index (κ1) is 14.3. The predicted octanol–water partition coefficient (Wildman–Crippen LogP) is 3.81. The van der Waals surface area contributed by atoms with E-state index in [4.69, 9.17) is 4.74 Å². The molecule has 1 unspecified atom stereocenters. The van der Waals surface area contributed by atoms with Gasteiger partial charge in [0.2, 0.25) is 0 Å². The van der Waals surface area contributed by atoms with Crippen molar-refractivity contribution in [3.05, 3.63) is 29.6 Å². The Kier molecular flexibility index (Phi) is 5.20. The molecule has 2 rings (SSSR count). The van der Waals surface area contributed by atoms with Crippen molar-refractivity contribution in [3.63, 3.8) is 0 Å². The van der Waals surface area contributed by atoms with Crippen molar-refractivity contribution in [1.82, 2.24) is 4.90 Å². The van der Waals surface area contributed by atoms with E-state index in [1.807, 2.05) is 19.1 Å². The van der Waals surface area contributed by atoms with Gasteiger partial charge in [-0.05, 0) is 56.8 Å². The molecule has 0 spiro atoms. The molecule has 0 aromatic heterocycles. The zero-order valence-electron chi connectivity index (χ0n) is 12.0. The normalized spacial score (nSPS) is 20.5. The van der Waals surface area contributed by atoms with Crippen LogP contribution in [0, 0.1) is 5.82 Å². The van der Waals surface area contributed by atoms with Crippen molar-refractivity contribution in [3.8, 4) is 5.75 Å². The summed E-state index contributed by atoms with van der Waals surface area (Å²) in [6, 6.07) is 5.54. The van der Waals surface area contributed by atoms with Gasteiger partial charge in [0, 0.05) is 6.54 Å². The fraction of sp³-hybridized carbons (Fsp3) is 0.625. The van der Waals surface area contributed by atoms with Crippen molar-refractivity contribution in [1.29, 1.82) is 0 Å². The number of nitrogens with zero attached hydrogens (tertiary/aromatic N) is 1. The van der Waals surface area contributed by atoms with Crippen molar-refractivity contribution >= 4 is 0 Å². The van der Waals surface area contributed by atoms with Gasteiger partial charge < -0.3 is 9.64 Å². The van der Waals surface area contributed by atoms with Gasteiger partial charge in [-0.2, -0.15) is 0 Å². The quantitative estimate of drug-likeness (QED) is 0.802. The third-order valence-corrected chi connectivity index (χ3v) is 3.78. The molecule has 19 heavy (non-hydrogen) atoms. The lowest BCUT2D eigenvalue weighted by molar-refractivity contribution is 0.205. The Morgan fingerprint density at radius 3 is 2.95 bits per heavy atom. The minimum Gasteiger partial charge on any atom is -0.491 e. The molecule has 0 saturated carbocycles. The molecule has 1 fully saturated rings. The van der Waals surface area contributed by atoms with E-state index in [1.54, 1.807) is 6.07 Å². The lowest BCUT2D eigenvalue weighted by atomic mass is 9.90. The summed E-state index contributed by atoms with van der Waals surface area (Å²) < 4.78 is 19.8. The number of ether oxygens (including phenoxy) is 1. The summed E-state index contributed by atoms with van der Waals surface area (Å²) in [5.74, 6) is 0.543. The van der Waals surface area contributed by atoms with Crippen LogP contribution in [0.25, 0.3) is 0 Å². The van der Waals surface area contributed by atoms with Gasteiger partial charge in [-0.1, -0.05) is 19.1 Å². The van der Waals surface area contributed by atoms with Crippen LogP contribution in [0.4, 0.5) is 4.39 Å². The predicted molar refractivity (Wildman–Crippen MR) is 76.3 cm³/mol. The molecule has 0 aliphatic carbocycles. The maximum atomic E-state index is 14.4. The average Bonchev–Trinajstić information content (AvgIpc) is 2.42. The molecule has 106 valence electrons. The van der Waals surface area contributed by atoms with Crippen molar-refractivity contribution in [2.75, 3.05) is 26.2 Å². The minimum atomic E-state index is -0.160. The van der Waals surface area contributed by atoms with Gasteiger partial charge in [0.05, 0.1) is 6.61 Å². The molecule has 1 heterocycles. The first-order chi connectivity index (χ1) is 9.26. The zero-order chi connectivity index (χ0) is 13.7. The standard InChI is InChI=1S/C16H24FNO/c1-3-10-18-11-6-7-13(12-18)14-8-5-9-15(16(14)17)19-4-2/h5,8-9,13H,3-4,6-7,10-12H2,1-2H3. The molecule has 1 atom stereocenters. The van der Waals surface area contributed by atoms with Gasteiger partial charge in [-0.3, -0.25) is 0 Å². The first-order valence-corrected chi connectivity index (χ1v) is 7.39. The second kappa shape index (κ2) is 6.90. The second-order valence-corrected chi connectivity index (χ2v) is 5.23. The summed E-state index contributed by atoms with van der Waals surface area (Å²) in [7, 11) is 0. The second-order valence-electron chi connectivity index (χ2n) is 5.23. The highest BCUT2D eigenvalue weighted by atomic mass is 19.1. The van der Waals surface area contributed by atoms with Crippen LogP contribution >= 0.6 is 0 Å². The van der Waals surface area contributed by atoms with Crippen LogP contribution in [0.3, 0.4) is 0 Å². The highest BCUT2D eigenvalue weighted by Gasteiger charge is 2.24. The summed E-state index contributed by atoms with van der Waals surface area (Å²) in [5.41, 5.74) is 0.826. The maximum absolute atomic E-state index is 14.4. The number of rotatable bonds is 5. The molecule has 1 aromatic carbocycles. The van der Waals surface area contributed by atoms with E-state index in [0.29, 0.717) is 18.3 Å². The first-order valence-electron chi connectivity index (χ1n) is 7.39. The molecule has 0 amide bonds. The van der Waals surface area contributed by atoms with Crippen LogP contribution in [0.15, 0.2) is 18.2 Å². The van der Waals surface area contributed by atoms with Crippen LogP contribution in [0.1, 0.15) is 44.6 Å². The lowest BCUT2D eigenvalue weighted by Gasteiger charge is -2.33. The smallest absolute Gasteiger partial charge is 0.168 e. The molecule has 0 bridgehead atoms. The van der Waals surface area contributed by atoms with E-state index in [2.05, 4.69) is 11.8 Å². The number of piperidine rings is 1. The van der Waals surface area contributed by atoms with E-state index in [1.165, 1.54) is 0 Å². The van der Waals surface area contributed by atoms with Gasteiger partial charge in [0.15, 0.2) is 11.6 Å². The molecule has 0 N–H and O–H groups in total. The third kappa shape index (κ3) is 3.47. The highest BCUT2D eigenvalue weighted by molar-refractivity contribution is 5.33. The molecular formula is C16H24FNO. The van der Waals surface area contributed by atoms with Crippen LogP contribution < -0.4 is 4.74 Å². The Morgan fingerprint density at radius 1 is 1.37 bits per heavy atom. The largest absolute Gasteiger partial charge is 0.491 e. The van der Waals surface area contributed by atoms with Gasteiger partial charge in [0.1, 0.15) is 0 Å². The van der Waals surface area contributed by atoms with Gasteiger partial charge in [0.25, 0.3) is 0 Å². The number of hydrogen-bond acceptors (Lipinski definition) is 2. The Hall–Kier alpha value is -1.09. The van der Waals surface area contributed by atoms with Crippen LogP contribution in [-0.4, -0.2) is 31.1 Å². The minimum absolute atomic E-state index is 0.160. The molecule has 1 saturated heterocycles. The molecule has 2 nitrogen and oxygen atoms in total. The summed E-state index contributed by atoms with van der Waals surface area (Å²) in [4.78, 5) is 2.45. The summed E-state index contributed by atoms with van der Waals surface area (Å²) in [6.07, 6.45) is 3.39. The van der Waals surface area contributed by atoms with Crippen LogP contribution in [0.5, 0.6) is 5.75 Å². The highest BCUT2D eigenvalue weighted by Crippen LogP contribution is 2.32. The molecule has 3 heteroatoms. The number of benzene rings is 1. The summed E-state index contributed by atoms with van der Waals surface area (Å²) in [6.45, 7) is 7.82. The monoisotopic (exact) mass is 265 g/mol. The number of hydrogen-bond donors (Lipinski definition) is 0. The number of halogens is 1. The SMILES string of the molecule is CCCN1CCCC(c2cccc(OCC)c2F)C1. The Balaban J connectivity index is 2.14. The fourth-order valence-corrected chi connectivity index (χ4v) is 2.94. The van der Waals surface area contributed by atoms with Gasteiger partial charge in [-0.15, -0.1) is 0 Å². The van der Waals surface area contributed by atoms with Gasteiger partial charge >= 0.3 is 0 Å². The fourth-order valence-electron chi connectivity index (χ4n) is 2.94. The van der Waals surface area contributed by atoms with E-state index in [0.717, 1.165) is 44.5 Å². The maximum Gasteiger partial charge on any atom is 0.168 e. The van der Waals surface area contributed by atoms with Crippen molar-refractivity contribution < 1.29 is 9.13 Å². The third-order valence-electron chi connectivity index (χ3n) is 3.78. The molecule has 1 aliphatic rings. The Bertz CT molecular complexity index is 406.